The maximum absolute atomic E-state index is 12.4. The SMILES string of the molecule is COc1ccc(CNC(=O)[C@H](C)Oc2ccccc2C(C)C)cc1OC. The third-order valence-electron chi connectivity index (χ3n) is 4.13. The van der Waals surface area contributed by atoms with Crippen molar-refractivity contribution in [1.29, 1.82) is 0 Å². The van der Waals surface area contributed by atoms with Gasteiger partial charge in [0.25, 0.3) is 5.91 Å². The van der Waals surface area contributed by atoms with Crippen LogP contribution in [-0.2, 0) is 11.3 Å². The van der Waals surface area contributed by atoms with Gasteiger partial charge in [0.05, 0.1) is 14.2 Å². The van der Waals surface area contributed by atoms with Crippen molar-refractivity contribution in [3.8, 4) is 17.2 Å². The van der Waals surface area contributed by atoms with Crippen LogP contribution >= 0.6 is 0 Å². The third kappa shape index (κ3) is 4.91. The Bertz CT molecular complexity index is 743. The van der Waals surface area contributed by atoms with E-state index in [4.69, 9.17) is 14.2 Å². The minimum atomic E-state index is -0.588. The van der Waals surface area contributed by atoms with Crippen LogP contribution in [0, 0.1) is 0 Å². The van der Waals surface area contributed by atoms with Crippen molar-refractivity contribution < 1.29 is 19.0 Å². The molecule has 0 aliphatic carbocycles. The molecule has 2 rings (SSSR count). The molecular formula is C21H27NO4. The van der Waals surface area contributed by atoms with Crippen LogP contribution in [-0.4, -0.2) is 26.2 Å². The summed E-state index contributed by atoms with van der Waals surface area (Å²) in [7, 11) is 3.18. The third-order valence-corrected chi connectivity index (χ3v) is 4.13. The number of hydrogen-bond donors (Lipinski definition) is 1. The Balaban J connectivity index is 1.98. The lowest BCUT2D eigenvalue weighted by molar-refractivity contribution is -0.127. The Labute approximate surface area is 155 Å². The normalized spacial score (nSPS) is 11.8. The van der Waals surface area contributed by atoms with E-state index in [0.29, 0.717) is 24.0 Å². The van der Waals surface area contributed by atoms with Crippen LogP contribution in [0.5, 0.6) is 17.2 Å². The fourth-order valence-electron chi connectivity index (χ4n) is 2.63. The molecule has 140 valence electrons. The summed E-state index contributed by atoms with van der Waals surface area (Å²) < 4.78 is 16.4. The van der Waals surface area contributed by atoms with Crippen LogP contribution in [0.4, 0.5) is 0 Å². The maximum Gasteiger partial charge on any atom is 0.261 e. The Morgan fingerprint density at radius 1 is 0.962 bits per heavy atom. The van der Waals surface area contributed by atoms with E-state index in [1.807, 2.05) is 42.5 Å². The lowest BCUT2D eigenvalue weighted by atomic mass is 10.0. The fourth-order valence-corrected chi connectivity index (χ4v) is 2.63. The molecule has 2 aromatic carbocycles. The molecule has 0 saturated carbocycles. The summed E-state index contributed by atoms with van der Waals surface area (Å²) in [4.78, 5) is 12.4. The second-order valence-electron chi connectivity index (χ2n) is 6.36. The van der Waals surface area contributed by atoms with Gasteiger partial charge in [0.2, 0.25) is 0 Å². The van der Waals surface area contributed by atoms with Crippen molar-refractivity contribution >= 4 is 5.91 Å². The number of methoxy groups -OCH3 is 2. The monoisotopic (exact) mass is 357 g/mol. The largest absolute Gasteiger partial charge is 0.493 e. The van der Waals surface area contributed by atoms with Crippen molar-refractivity contribution in [3.63, 3.8) is 0 Å². The van der Waals surface area contributed by atoms with Gasteiger partial charge in [-0.2, -0.15) is 0 Å². The molecule has 1 N–H and O–H groups in total. The average Bonchev–Trinajstić information content (AvgIpc) is 2.65. The number of carbonyl (C=O) groups is 1. The second-order valence-corrected chi connectivity index (χ2v) is 6.36. The highest BCUT2D eigenvalue weighted by Gasteiger charge is 2.17. The zero-order chi connectivity index (χ0) is 19.1. The number of rotatable bonds is 8. The summed E-state index contributed by atoms with van der Waals surface area (Å²) in [6, 6.07) is 13.4. The zero-order valence-corrected chi connectivity index (χ0v) is 16.0. The Hall–Kier alpha value is -2.69. The highest BCUT2D eigenvalue weighted by Crippen LogP contribution is 2.28. The van der Waals surface area contributed by atoms with Crippen LogP contribution in [0.1, 0.15) is 37.8 Å². The van der Waals surface area contributed by atoms with Gasteiger partial charge in [-0.3, -0.25) is 4.79 Å². The summed E-state index contributed by atoms with van der Waals surface area (Å²) >= 11 is 0. The van der Waals surface area contributed by atoms with Gasteiger partial charge >= 0.3 is 0 Å². The molecule has 0 saturated heterocycles. The van der Waals surface area contributed by atoms with E-state index in [2.05, 4.69) is 19.2 Å². The first kappa shape index (κ1) is 19.6. The van der Waals surface area contributed by atoms with Crippen LogP contribution in [0.3, 0.4) is 0 Å². The second kappa shape index (κ2) is 9.13. The van der Waals surface area contributed by atoms with Gasteiger partial charge in [0.1, 0.15) is 5.75 Å². The Morgan fingerprint density at radius 2 is 1.65 bits per heavy atom. The predicted octanol–water partition coefficient (Wildman–Crippen LogP) is 3.91. The van der Waals surface area contributed by atoms with Crippen molar-refractivity contribution in [3.05, 3.63) is 53.6 Å². The summed E-state index contributed by atoms with van der Waals surface area (Å²) in [5.74, 6) is 2.20. The minimum absolute atomic E-state index is 0.168. The summed E-state index contributed by atoms with van der Waals surface area (Å²) in [5.41, 5.74) is 2.01. The number of hydrogen-bond acceptors (Lipinski definition) is 4. The van der Waals surface area contributed by atoms with Gasteiger partial charge in [-0.1, -0.05) is 38.1 Å². The summed E-state index contributed by atoms with van der Waals surface area (Å²) in [6.45, 7) is 6.34. The smallest absolute Gasteiger partial charge is 0.261 e. The van der Waals surface area contributed by atoms with E-state index < -0.39 is 6.10 Å². The van der Waals surface area contributed by atoms with E-state index >= 15 is 0 Å². The lowest BCUT2D eigenvalue weighted by Crippen LogP contribution is -2.36. The standard InChI is InChI=1S/C21H27NO4/c1-14(2)17-8-6-7-9-18(17)26-15(3)21(23)22-13-16-10-11-19(24-4)20(12-16)25-5/h6-12,14-15H,13H2,1-5H3,(H,22,23)/t15-/m0/s1. The molecule has 0 radical (unpaired) electrons. The highest BCUT2D eigenvalue weighted by atomic mass is 16.5. The van der Waals surface area contributed by atoms with Crippen molar-refractivity contribution in [2.24, 2.45) is 0 Å². The van der Waals surface area contributed by atoms with Crippen molar-refractivity contribution in [2.75, 3.05) is 14.2 Å². The first-order valence-electron chi connectivity index (χ1n) is 8.70. The number of carbonyl (C=O) groups excluding carboxylic acids is 1. The Kier molecular flexibility index (Phi) is 6.89. The van der Waals surface area contributed by atoms with E-state index in [-0.39, 0.29) is 5.91 Å². The number of benzene rings is 2. The van der Waals surface area contributed by atoms with Gasteiger partial charge in [-0.15, -0.1) is 0 Å². The molecule has 0 bridgehead atoms. The number of ether oxygens (including phenoxy) is 3. The first-order valence-corrected chi connectivity index (χ1v) is 8.70. The number of nitrogens with one attached hydrogen (secondary N) is 1. The molecule has 5 heteroatoms. The molecule has 26 heavy (non-hydrogen) atoms. The molecule has 2 aromatic rings. The van der Waals surface area contributed by atoms with Gasteiger partial charge in [0.15, 0.2) is 17.6 Å². The van der Waals surface area contributed by atoms with Gasteiger partial charge in [0, 0.05) is 6.54 Å². The molecule has 0 aliphatic heterocycles. The van der Waals surface area contributed by atoms with Crippen LogP contribution < -0.4 is 19.5 Å². The summed E-state index contributed by atoms with van der Waals surface area (Å²) in [5, 5.41) is 2.90. The molecule has 0 aromatic heterocycles. The molecule has 1 amide bonds. The highest BCUT2D eigenvalue weighted by molar-refractivity contribution is 5.80. The van der Waals surface area contributed by atoms with Gasteiger partial charge in [-0.25, -0.2) is 0 Å². The van der Waals surface area contributed by atoms with Crippen molar-refractivity contribution in [1.82, 2.24) is 5.32 Å². The molecule has 0 fully saturated rings. The molecular weight excluding hydrogens is 330 g/mol. The van der Waals surface area contributed by atoms with Gasteiger partial charge in [-0.05, 0) is 42.2 Å². The van der Waals surface area contributed by atoms with E-state index in [9.17, 15) is 4.79 Å². The zero-order valence-electron chi connectivity index (χ0n) is 16.0. The van der Waals surface area contributed by atoms with E-state index in [1.165, 1.54) is 0 Å². The fraction of sp³-hybridized carbons (Fsp3) is 0.381. The van der Waals surface area contributed by atoms with E-state index in [0.717, 1.165) is 16.9 Å². The van der Waals surface area contributed by atoms with Crippen LogP contribution in [0.15, 0.2) is 42.5 Å². The molecule has 5 nitrogen and oxygen atoms in total. The lowest BCUT2D eigenvalue weighted by Gasteiger charge is -2.19. The molecule has 1 atom stereocenters. The summed E-state index contributed by atoms with van der Waals surface area (Å²) in [6.07, 6.45) is -0.588. The van der Waals surface area contributed by atoms with E-state index in [1.54, 1.807) is 21.1 Å². The van der Waals surface area contributed by atoms with Crippen LogP contribution in [0.2, 0.25) is 0 Å². The van der Waals surface area contributed by atoms with Crippen LogP contribution in [0.25, 0.3) is 0 Å². The molecule has 0 heterocycles. The van der Waals surface area contributed by atoms with Gasteiger partial charge < -0.3 is 19.5 Å². The molecule has 0 spiro atoms. The Morgan fingerprint density at radius 3 is 2.31 bits per heavy atom. The topological polar surface area (TPSA) is 56.8 Å². The van der Waals surface area contributed by atoms with Crippen molar-refractivity contribution in [2.45, 2.75) is 39.3 Å². The number of amides is 1. The maximum atomic E-state index is 12.4. The quantitative estimate of drug-likeness (QED) is 0.778. The number of para-hydroxylation sites is 1. The average molecular weight is 357 g/mol. The molecule has 0 unspecified atom stereocenters. The minimum Gasteiger partial charge on any atom is -0.493 e. The first-order chi connectivity index (χ1) is 12.5. The predicted molar refractivity (Wildman–Crippen MR) is 102 cm³/mol. The molecule has 0 aliphatic rings.